The van der Waals surface area contributed by atoms with Crippen LogP contribution in [0, 0.1) is 23.0 Å². The van der Waals surface area contributed by atoms with E-state index in [-0.39, 0.29) is 21.8 Å². The van der Waals surface area contributed by atoms with Crippen LogP contribution in [-0.4, -0.2) is 5.91 Å². The van der Waals surface area contributed by atoms with E-state index in [4.69, 9.17) is 16.9 Å². The molecule has 0 unspecified atom stereocenters. The van der Waals surface area contributed by atoms with Crippen LogP contribution in [-0.2, 0) is 0 Å². The van der Waals surface area contributed by atoms with Crippen molar-refractivity contribution in [2.45, 2.75) is 0 Å². The normalized spacial score (nSPS) is 9.90. The molecule has 20 heavy (non-hydrogen) atoms. The second kappa shape index (κ2) is 5.68. The molecule has 0 heterocycles. The van der Waals surface area contributed by atoms with Gasteiger partial charge in [0.2, 0.25) is 0 Å². The van der Waals surface area contributed by atoms with Crippen molar-refractivity contribution in [3.8, 4) is 6.07 Å². The third-order valence-electron chi connectivity index (χ3n) is 2.53. The van der Waals surface area contributed by atoms with Gasteiger partial charge < -0.3 is 5.32 Å². The minimum Gasteiger partial charge on any atom is -0.321 e. The number of nitriles is 1. The number of anilines is 1. The molecule has 1 N–H and O–H groups in total. The van der Waals surface area contributed by atoms with Crippen molar-refractivity contribution < 1.29 is 13.6 Å². The molecular formula is C14H7ClF2N2O. The summed E-state index contributed by atoms with van der Waals surface area (Å²) >= 11 is 5.76. The average Bonchev–Trinajstić information content (AvgIpc) is 2.40. The first-order valence-corrected chi connectivity index (χ1v) is 5.85. The maximum atomic E-state index is 13.0. The van der Waals surface area contributed by atoms with E-state index in [0.29, 0.717) is 0 Å². The molecule has 0 saturated heterocycles. The highest BCUT2D eigenvalue weighted by Crippen LogP contribution is 2.21. The van der Waals surface area contributed by atoms with Gasteiger partial charge in [-0.2, -0.15) is 5.26 Å². The fraction of sp³-hybridized carbons (Fsp3) is 0. The van der Waals surface area contributed by atoms with Crippen molar-refractivity contribution in [1.29, 1.82) is 5.26 Å². The molecule has 0 atom stereocenters. The molecule has 0 radical (unpaired) electrons. The second-order valence-electron chi connectivity index (χ2n) is 3.88. The van der Waals surface area contributed by atoms with Crippen LogP contribution in [0.5, 0.6) is 0 Å². The molecule has 2 aromatic carbocycles. The van der Waals surface area contributed by atoms with Crippen LogP contribution in [0.15, 0.2) is 36.4 Å². The fourth-order valence-electron chi connectivity index (χ4n) is 1.58. The zero-order valence-corrected chi connectivity index (χ0v) is 10.7. The van der Waals surface area contributed by atoms with E-state index in [9.17, 15) is 13.6 Å². The van der Waals surface area contributed by atoms with Gasteiger partial charge in [0.05, 0.1) is 21.8 Å². The number of carbonyl (C=O) groups is 1. The van der Waals surface area contributed by atoms with Gasteiger partial charge >= 0.3 is 0 Å². The average molecular weight is 293 g/mol. The van der Waals surface area contributed by atoms with Gasteiger partial charge in [0.1, 0.15) is 17.7 Å². The summed E-state index contributed by atoms with van der Waals surface area (Å²) in [5.74, 6) is -1.76. The van der Waals surface area contributed by atoms with Crippen LogP contribution in [0.2, 0.25) is 5.02 Å². The first-order chi connectivity index (χ1) is 9.51. The van der Waals surface area contributed by atoms with Gasteiger partial charge in [-0.05, 0) is 36.4 Å². The summed E-state index contributed by atoms with van der Waals surface area (Å²) in [5.41, 5.74) is 0.192. The van der Waals surface area contributed by atoms with Crippen molar-refractivity contribution >= 4 is 23.2 Å². The molecule has 6 heteroatoms. The van der Waals surface area contributed by atoms with E-state index in [1.165, 1.54) is 12.1 Å². The first-order valence-electron chi connectivity index (χ1n) is 5.47. The van der Waals surface area contributed by atoms with Crippen molar-refractivity contribution in [2.75, 3.05) is 5.32 Å². The summed E-state index contributed by atoms with van der Waals surface area (Å²) in [7, 11) is 0. The number of nitrogens with one attached hydrogen (secondary N) is 1. The zero-order chi connectivity index (χ0) is 14.7. The van der Waals surface area contributed by atoms with Gasteiger partial charge in [-0.15, -0.1) is 0 Å². The number of hydrogen-bond acceptors (Lipinski definition) is 2. The Morgan fingerprint density at radius 3 is 2.45 bits per heavy atom. The molecule has 0 bridgehead atoms. The van der Waals surface area contributed by atoms with Crippen LogP contribution < -0.4 is 5.32 Å². The number of hydrogen-bond donors (Lipinski definition) is 1. The molecule has 0 fully saturated rings. The van der Waals surface area contributed by atoms with Crippen molar-refractivity contribution in [3.05, 3.63) is 64.2 Å². The Morgan fingerprint density at radius 2 is 1.80 bits per heavy atom. The van der Waals surface area contributed by atoms with E-state index in [0.717, 1.165) is 24.3 Å². The Hall–Kier alpha value is -2.45. The number of benzene rings is 2. The lowest BCUT2D eigenvalue weighted by Gasteiger charge is -2.08. The summed E-state index contributed by atoms with van der Waals surface area (Å²) in [4.78, 5) is 12.0. The smallest absolute Gasteiger partial charge is 0.257 e. The van der Waals surface area contributed by atoms with Gasteiger partial charge in [0.25, 0.3) is 5.91 Å². The molecule has 2 rings (SSSR count). The predicted octanol–water partition coefficient (Wildman–Crippen LogP) is 3.74. The number of amides is 1. The highest BCUT2D eigenvalue weighted by Gasteiger charge is 2.13. The maximum Gasteiger partial charge on any atom is 0.257 e. The summed E-state index contributed by atoms with van der Waals surface area (Å²) in [5, 5.41) is 11.3. The summed E-state index contributed by atoms with van der Waals surface area (Å²) in [6.45, 7) is 0. The van der Waals surface area contributed by atoms with Crippen LogP contribution in [0.3, 0.4) is 0 Å². The lowest BCUT2D eigenvalue weighted by molar-refractivity contribution is 0.102. The Balaban J connectivity index is 2.31. The predicted molar refractivity (Wildman–Crippen MR) is 70.5 cm³/mol. The molecule has 0 saturated carbocycles. The third kappa shape index (κ3) is 2.92. The second-order valence-corrected chi connectivity index (χ2v) is 4.29. The topological polar surface area (TPSA) is 52.9 Å². The van der Waals surface area contributed by atoms with E-state index in [1.54, 1.807) is 6.07 Å². The van der Waals surface area contributed by atoms with Crippen molar-refractivity contribution in [3.63, 3.8) is 0 Å². The summed E-state index contributed by atoms with van der Waals surface area (Å²) in [6, 6.07) is 8.48. The van der Waals surface area contributed by atoms with Crippen LogP contribution in [0.25, 0.3) is 0 Å². The first kappa shape index (κ1) is 14.0. The number of nitrogens with zero attached hydrogens (tertiary/aromatic N) is 1. The monoisotopic (exact) mass is 292 g/mol. The summed E-state index contributed by atoms with van der Waals surface area (Å²) in [6.07, 6.45) is 0. The SMILES string of the molecule is N#Cc1cc(F)ccc1NC(=O)c1ccc(F)cc1Cl. The highest BCUT2D eigenvalue weighted by atomic mass is 35.5. The number of rotatable bonds is 2. The van der Waals surface area contributed by atoms with Crippen LogP contribution >= 0.6 is 11.6 Å². The van der Waals surface area contributed by atoms with E-state index in [2.05, 4.69) is 5.32 Å². The minimum absolute atomic E-state index is 0.0171. The molecule has 0 aliphatic rings. The summed E-state index contributed by atoms with van der Waals surface area (Å²) < 4.78 is 25.9. The van der Waals surface area contributed by atoms with Crippen LogP contribution in [0.4, 0.5) is 14.5 Å². The Bertz CT molecular complexity index is 726. The number of halogens is 3. The van der Waals surface area contributed by atoms with Crippen LogP contribution in [0.1, 0.15) is 15.9 Å². The molecule has 0 aromatic heterocycles. The lowest BCUT2D eigenvalue weighted by atomic mass is 10.1. The molecule has 0 aliphatic heterocycles. The molecule has 2 aromatic rings. The largest absolute Gasteiger partial charge is 0.321 e. The Labute approximate surface area is 118 Å². The maximum absolute atomic E-state index is 13.0. The molecule has 3 nitrogen and oxygen atoms in total. The minimum atomic E-state index is -0.613. The number of carbonyl (C=O) groups excluding carboxylic acids is 1. The quantitative estimate of drug-likeness (QED) is 0.916. The molecule has 100 valence electrons. The van der Waals surface area contributed by atoms with E-state index >= 15 is 0 Å². The van der Waals surface area contributed by atoms with Crippen molar-refractivity contribution in [2.24, 2.45) is 0 Å². The molecule has 0 spiro atoms. The van der Waals surface area contributed by atoms with Gasteiger partial charge in [0.15, 0.2) is 0 Å². The molecular weight excluding hydrogens is 286 g/mol. The van der Waals surface area contributed by atoms with Gasteiger partial charge in [0, 0.05) is 0 Å². The van der Waals surface area contributed by atoms with Gasteiger partial charge in [-0.25, -0.2) is 8.78 Å². The highest BCUT2D eigenvalue weighted by molar-refractivity contribution is 6.34. The fourth-order valence-corrected chi connectivity index (χ4v) is 1.83. The third-order valence-corrected chi connectivity index (χ3v) is 2.84. The van der Waals surface area contributed by atoms with E-state index < -0.39 is 17.5 Å². The Morgan fingerprint density at radius 1 is 1.15 bits per heavy atom. The Kier molecular flexibility index (Phi) is 3.97. The molecule has 1 amide bonds. The van der Waals surface area contributed by atoms with Gasteiger partial charge in [-0.3, -0.25) is 4.79 Å². The lowest BCUT2D eigenvalue weighted by Crippen LogP contribution is -2.13. The zero-order valence-electron chi connectivity index (χ0n) is 9.95. The van der Waals surface area contributed by atoms with Gasteiger partial charge in [-0.1, -0.05) is 11.6 Å². The van der Waals surface area contributed by atoms with Crippen molar-refractivity contribution in [1.82, 2.24) is 0 Å². The molecule has 0 aliphatic carbocycles. The standard InChI is InChI=1S/C14H7ClF2N2O/c15-12-6-10(17)1-3-11(12)14(20)19-13-4-2-9(16)5-8(13)7-18/h1-6H,(H,19,20). The van der Waals surface area contributed by atoms with E-state index in [1.807, 2.05) is 0 Å².